The van der Waals surface area contributed by atoms with Crippen LogP contribution in [0.1, 0.15) is 47.0 Å². The maximum absolute atomic E-state index is 12.5. The molecule has 1 aliphatic carbocycles. The molecule has 102 valence electrons. The fourth-order valence-electron chi connectivity index (χ4n) is 2.80. The summed E-state index contributed by atoms with van der Waals surface area (Å²) in [4.78, 5) is 26.6. The third-order valence-electron chi connectivity index (χ3n) is 4.22. The molecule has 1 saturated carbocycles. The van der Waals surface area contributed by atoms with Crippen LogP contribution in [0.4, 0.5) is 0 Å². The van der Waals surface area contributed by atoms with Crippen molar-refractivity contribution in [1.82, 2.24) is 10.2 Å². The van der Waals surface area contributed by atoms with E-state index >= 15 is 0 Å². The Morgan fingerprint density at radius 3 is 2.33 bits per heavy atom. The Hall–Kier alpha value is -1.06. The quantitative estimate of drug-likeness (QED) is 0.825. The second-order valence-electron chi connectivity index (χ2n) is 5.99. The van der Waals surface area contributed by atoms with E-state index in [0.29, 0.717) is 5.92 Å². The molecule has 1 saturated heterocycles. The van der Waals surface area contributed by atoms with E-state index in [1.807, 2.05) is 25.7 Å². The molecule has 2 fully saturated rings. The van der Waals surface area contributed by atoms with Crippen LogP contribution in [0, 0.1) is 11.8 Å². The van der Waals surface area contributed by atoms with Gasteiger partial charge in [-0.15, -0.1) is 0 Å². The van der Waals surface area contributed by atoms with Crippen molar-refractivity contribution in [2.24, 2.45) is 11.8 Å². The van der Waals surface area contributed by atoms with Crippen molar-refractivity contribution in [1.29, 1.82) is 0 Å². The molecule has 0 spiro atoms. The number of amides is 2. The van der Waals surface area contributed by atoms with Crippen molar-refractivity contribution < 1.29 is 9.59 Å². The van der Waals surface area contributed by atoms with Gasteiger partial charge in [0, 0.05) is 6.04 Å². The number of piperazine rings is 1. The maximum atomic E-state index is 12.5. The molecule has 3 unspecified atom stereocenters. The highest BCUT2D eigenvalue weighted by Crippen LogP contribution is 2.36. The van der Waals surface area contributed by atoms with Gasteiger partial charge >= 0.3 is 0 Å². The van der Waals surface area contributed by atoms with Crippen LogP contribution in [0.3, 0.4) is 0 Å². The molecule has 4 nitrogen and oxygen atoms in total. The smallest absolute Gasteiger partial charge is 0.246 e. The fraction of sp³-hybridized carbons (Fsp3) is 0.857. The number of carbonyl (C=O) groups excluding carboxylic acids is 2. The molecule has 1 heterocycles. The van der Waals surface area contributed by atoms with E-state index in [1.165, 1.54) is 0 Å². The minimum Gasteiger partial charge on any atom is -0.342 e. The normalized spacial score (nSPS) is 30.6. The van der Waals surface area contributed by atoms with Crippen molar-refractivity contribution in [3.05, 3.63) is 0 Å². The summed E-state index contributed by atoms with van der Waals surface area (Å²) in [7, 11) is 0. The zero-order valence-corrected chi connectivity index (χ0v) is 11.8. The first-order valence-corrected chi connectivity index (χ1v) is 7.09. The molecular formula is C14H24N2O2. The van der Waals surface area contributed by atoms with Gasteiger partial charge in [-0.3, -0.25) is 9.59 Å². The summed E-state index contributed by atoms with van der Waals surface area (Å²) in [5.41, 5.74) is 0. The number of hydrogen-bond acceptors (Lipinski definition) is 2. The average Bonchev–Trinajstić information content (AvgIpc) is 3.13. The van der Waals surface area contributed by atoms with Crippen LogP contribution in [0.15, 0.2) is 0 Å². The lowest BCUT2D eigenvalue weighted by Gasteiger charge is -2.43. The molecule has 0 bridgehead atoms. The summed E-state index contributed by atoms with van der Waals surface area (Å²) in [5, 5.41) is 2.95. The van der Waals surface area contributed by atoms with Gasteiger partial charge in [-0.25, -0.2) is 0 Å². The van der Waals surface area contributed by atoms with Gasteiger partial charge in [0.15, 0.2) is 0 Å². The average molecular weight is 252 g/mol. The highest BCUT2D eigenvalue weighted by atomic mass is 16.2. The highest BCUT2D eigenvalue weighted by Gasteiger charge is 2.48. The first-order valence-electron chi connectivity index (χ1n) is 7.09. The molecule has 3 atom stereocenters. The summed E-state index contributed by atoms with van der Waals surface area (Å²) in [6.07, 6.45) is 3.04. The highest BCUT2D eigenvalue weighted by molar-refractivity contribution is 5.97. The van der Waals surface area contributed by atoms with Gasteiger partial charge in [0.1, 0.15) is 12.1 Å². The Morgan fingerprint density at radius 1 is 1.28 bits per heavy atom. The molecule has 4 heteroatoms. The molecule has 1 N–H and O–H groups in total. The van der Waals surface area contributed by atoms with Crippen LogP contribution in [0.25, 0.3) is 0 Å². The Morgan fingerprint density at radius 2 is 1.89 bits per heavy atom. The van der Waals surface area contributed by atoms with E-state index in [-0.39, 0.29) is 35.9 Å². The lowest BCUT2D eigenvalue weighted by atomic mass is 9.91. The SMILES string of the molecule is CCC(C)C1C(=O)NC(C2CC2)C(=O)N1C(C)C. The molecular weight excluding hydrogens is 228 g/mol. The van der Waals surface area contributed by atoms with Crippen molar-refractivity contribution in [3.63, 3.8) is 0 Å². The maximum Gasteiger partial charge on any atom is 0.246 e. The van der Waals surface area contributed by atoms with E-state index in [1.54, 1.807) is 0 Å². The lowest BCUT2D eigenvalue weighted by molar-refractivity contribution is -0.154. The van der Waals surface area contributed by atoms with Gasteiger partial charge in [0.05, 0.1) is 0 Å². The molecule has 0 aromatic carbocycles. The minimum atomic E-state index is -0.294. The topological polar surface area (TPSA) is 49.4 Å². The molecule has 0 radical (unpaired) electrons. The van der Waals surface area contributed by atoms with Gasteiger partial charge in [-0.1, -0.05) is 20.3 Å². The zero-order chi connectivity index (χ0) is 13.4. The van der Waals surface area contributed by atoms with Crippen LogP contribution in [0.2, 0.25) is 0 Å². The van der Waals surface area contributed by atoms with E-state index in [2.05, 4.69) is 12.2 Å². The molecule has 2 aliphatic rings. The number of rotatable bonds is 4. The van der Waals surface area contributed by atoms with E-state index in [0.717, 1.165) is 19.3 Å². The predicted molar refractivity (Wildman–Crippen MR) is 69.9 cm³/mol. The number of hydrogen-bond donors (Lipinski definition) is 1. The van der Waals surface area contributed by atoms with Crippen molar-refractivity contribution in [2.75, 3.05) is 0 Å². The summed E-state index contributed by atoms with van der Waals surface area (Å²) in [6.45, 7) is 8.10. The lowest BCUT2D eigenvalue weighted by Crippen LogP contribution is -2.67. The largest absolute Gasteiger partial charge is 0.342 e. The van der Waals surface area contributed by atoms with Crippen molar-refractivity contribution in [3.8, 4) is 0 Å². The third-order valence-corrected chi connectivity index (χ3v) is 4.22. The monoisotopic (exact) mass is 252 g/mol. The summed E-state index contributed by atoms with van der Waals surface area (Å²) >= 11 is 0. The van der Waals surface area contributed by atoms with Crippen LogP contribution < -0.4 is 5.32 Å². The Bertz CT molecular complexity index is 350. The van der Waals surface area contributed by atoms with E-state index in [4.69, 9.17) is 0 Å². The molecule has 1 aliphatic heterocycles. The minimum absolute atomic E-state index is 0.0366. The Balaban J connectivity index is 2.24. The number of nitrogens with zero attached hydrogens (tertiary/aromatic N) is 1. The van der Waals surface area contributed by atoms with Crippen molar-refractivity contribution in [2.45, 2.75) is 65.1 Å². The van der Waals surface area contributed by atoms with E-state index < -0.39 is 0 Å². The van der Waals surface area contributed by atoms with Crippen LogP contribution in [0.5, 0.6) is 0 Å². The van der Waals surface area contributed by atoms with Gasteiger partial charge in [-0.05, 0) is 38.5 Å². The Labute approximate surface area is 109 Å². The first-order chi connectivity index (χ1) is 8.47. The van der Waals surface area contributed by atoms with Gasteiger partial charge in [0.25, 0.3) is 0 Å². The zero-order valence-electron chi connectivity index (χ0n) is 11.8. The van der Waals surface area contributed by atoms with Gasteiger partial charge in [-0.2, -0.15) is 0 Å². The number of nitrogens with one attached hydrogen (secondary N) is 1. The summed E-state index contributed by atoms with van der Waals surface area (Å²) in [6, 6.07) is -0.471. The standard InChI is InChI=1S/C14H24N2O2/c1-5-9(4)12-13(17)15-11(10-6-7-10)14(18)16(12)8(2)3/h8-12H,5-7H2,1-4H3,(H,15,17). The molecule has 18 heavy (non-hydrogen) atoms. The Kier molecular flexibility index (Phi) is 3.64. The van der Waals surface area contributed by atoms with Crippen LogP contribution in [-0.2, 0) is 9.59 Å². The molecule has 2 rings (SSSR count). The van der Waals surface area contributed by atoms with Crippen LogP contribution >= 0.6 is 0 Å². The summed E-state index contributed by atoms with van der Waals surface area (Å²) in [5.74, 6) is 0.740. The van der Waals surface area contributed by atoms with Gasteiger partial charge in [0.2, 0.25) is 11.8 Å². The van der Waals surface area contributed by atoms with Crippen molar-refractivity contribution >= 4 is 11.8 Å². The first kappa shape index (κ1) is 13.4. The second-order valence-corrected chi connectivity index (χ2v) is 5.99. The number of carbonyl (C=O) groups is 2. The summed E-state index contributed by atoms with van der Waals surface area (Å²) < 4.78 is 0. The van der Waals surface area contributed by atoms with E-state index in [9.17, 15) is 9.59 Å². The molecule has 0 aromatic heterocycles. The second kappa shape index (κ2) is 4.90. The third kappa shape index (κ3) is 2.25. The fourth-order valence-corrected chi connectivity index (χ4v) is 2.80. The molecule has 2 amide bonds. The van der Waals surface area contributed by atoms with Crippen LogP contribution in [-0.4, -0.2) is 34.8 Å². The predicted octanol–water partition coefficient (Wildman–Crippen LogP) is 1.55. The molecule has 0 aromatic rings. The van der Waals surface area contributed by atoms with Gasteiger partial charge < -0.3 is 10.2 Å².